The lowest BCUT2D eigenvalue weighted by Gasteiger charge is -2.38. The van der Waals surface area contributed by atoms with Crippen LogP contribution in [0.5, 0.6) is 11.5 Å². The third-order valence-electron chi connectivity index (χ3n) is 6.75. The Morgan fingerprint density at radius 2 is 1.92 bits per heavy atom. The number of hydrogen-bond donors (Lipinski definition) is 2. The van der Waals surface area contributed by atoms with E-state index in [0.29, 0.717) is 57.8 Å². The SMILES string of the molecule is CC1(C)CC(=O)C2=C(C1)Nc1nc(SCc3ccccc3F)[nH]c(=O)c1[C@H]2c1ccc2c(c1)OCO2. The molecule has 2 aliphatic heterocycles. The first-order valence-electron chi connectivity index (χ1n) is 11.7. The molecule has 0 bridgehead atoms. The number of benzene rings is 2. The number of aromatic amines is 1. The van der Waals surface area contributed by atoms with Gasteiger partial charge in [-0.15, -0.1) is 0 Å². The van der Waals surface area contributed by atoms with Gasteiger partial charge in [0.1, 0.15) is 11.6 Å². The zero-order valence-electron chi connectivity index (χ0n) is 19.8. The van der Waals surface area contributed by atoms with E-state index >= 15 is 0 Å². The summed E-state index contributed by atoms with van der Waals surface area (Å²) in [5.74, 6) is 1.07. The molecule has 0 amide bonds. The third kappa shape index (κ3) is 3.97. The number of nitrogens with zero attached hydrogens (tertiary/aromatic N) is 1. The average molecular weight is 506 g/mol. The van der Waals surface area contributed by atoms with Crippen molar-refractivity contribution in [3.05, 3.63) is 86.6 Å². The van der Waals surface area contributed by atoms with E-state index in [2.05, 4.69) is 24.1 Å². The molecular formula is C27H24FN3O4S. The molecule has 184 valence electrons. The predicted octanol–water partition coefficient (Wildman–Crippen LogP) is 5.13. The lowest BCUT2D eigenvalue weighted by Crippen LogP contribution is -2.37. The number of fused-ring (bicyclic) bond motifs is 2. The van der Waals surface area contributed by atoms with Gasteiger partial charge in [0.25, 0.3) is 5.56 Å². The summed E-state index contributed by atoms with van der Waals surface area (Å²) in [5, 5.41) is 3.69. The van der Waals surface area contributed by atoms with E-state index < -0.39 is 5.92 Å². The highest BCUT2D eigenvalue weighted by Gasteiger charge is 2.42. The number of aromatic nitrogens is 2. The summed E-state index contributed by atoms with van der Waals surface area (Å²) in [6, 6.07) is 12.0. The van der Waals surface area contributed by atoms with Crippen LogP contribution in [0.15, 0.2) is 63.7 Å². The summed E-state index contributed by atoms with van der Waals surface area (Å²) in [6.45, 7) is 4.25. The van der Waals surface area contributed by atoms with Gasteiger partial charge in [-0.3, -0.25) is 9.59 Å². The van der Waals surface area contributed by atoms with Gasteiger partial charge < -0.3 is 19.8 Å². The van der Waals surface area contributed by atoms with Gasteiger partial charge in [0.05, 0.1) is 5.56 Å². The molecule has 0 unspecified atom stereocenters. The smallest absolute Gasteiger partial charge is 0.257 e. The molecule has 7 nitrogen and oxygen atoms in total. The Kier molecular flexibility index (Phi) is 5.40. The molecule has 36 heavy (non-hydrogen) atoms. The summed E-state index contributed by atoms with van der Waals surface area (Å²) in [4.78, 5) is 34.4. The van der Waals surface area contributed by atoms with E-state index in [1.165, 1.54) is 17.8 Å². The molecule has 2 N–H and O–H groups in total. The van der Waals surface area contributed by atoms with Crippen molar-refractivity contribution in [1.82, 2.24) is 9.97 Å². The van der Waals surface area contributed by atoms with Crippen LogP contribution in [0.4, 0.5) is 10.2 Å². The van der Waals surface area contributed by atoms with E-state index in [9.17, 15) is 14.0 Å². The average Bonchev–Trinajstić information content (AvgIpc) is 3.29. The van der Waals surface area contributed by atoms with Crippen molar-refractivity contribution < 1.29 is 18.7 Å². The normalized spacial score (nSPS) is 19.5. The van der Waals surface area contributed by atoms with Crippen LogP contribution in [0.2, 0.25) is 0 Å². The van der Waals surface area contributed by atoms with Gasteiger partial charge in [-0.25, -0.2) is 9.37 Å². The number of ketones is 1. The monoisotopic (exact) mass is 505 g/mol. The largest absolute Gasteiger partial charge is 0.454 e. The summed E-state index contributed by atoms with van der Waals surface area (Å²) < 4.78 is 25.1. The first-order valence-corrected chi connectivity index (χ1v) is 12.7. The molecule has 3 heterocycles. The van der Waals surface area contributed by atoms with Crippen molar-refractivity contribution in [2.24, 2.45) is 5.41 Å². The summed E-state index contributed by atoms with van der Waals surface area (Å²) in [6.07, 6.45) is 1.05. The van der Waals surface area contributed by atoms with Crippen molar-refractivity contribution in [2.75, 3.05) is 12.1 Å². The number of allylic oxidation sites excluding steroid dienone is 2. The minimum atomic E-state index is -0.587. The van der Waals surface area contributed by atoms with Crippen molar-refractivity contribution in [2.45, 2.75) is 43.5 Å². The van der Waals surface area contributed by atoms with E-state index in [1.807, 2.05) is 12.1 Å². The van der Waals surface area contributed by atoms with Crippen molar-refractivity contribution >= 4 is 23.4 Å². The number of rotatable bonds is 4. The maximum Gasteiger partial charge on any atom is 0.257 e. The molecule has 3 aromatic rings. The van der Waals surface area contributed by atoms with E-state index in [0.717, 1.165) is 11.3 Å². The second-order valence-corrected chi connectivity index (χ2v) is 11.0. The second-order valence-electron chi connectivity index (χ2n) is 10.0. The van der Waals surface area contributed by atoms with Crippen LogP contribution in [0, 0.1) is 11.2 Å². The highest BCUT2D eigenvalue weighted by molar-refractivity contribution is 7.98. The fourth-order valence-corrected chi connectivity index (χ4v) is 6.00. The number of Topliss-reactive ketones (excluding diaryl/α,β-unsaturated/α-hetero) is 1. The van der Waals surface area contributed by atoms with Crippen molar-refractivity contribution in [3.63, 3.8) is 0 Å². The Balaban J connectivity index is 1.44. The Morgan fingerprint density at radius 1 is 1.11 bits per heavy atom. The van der Waals surface area contributed by atoms with Gasteiger partial charge in [-0.1, -0.05) is 49.9 Å². The standard InChI is InChI=1S/C27H24FN3O4S/c1-27(2)10-17-22(18(32)11-27)21(14-7-8-19-20(9-14)35-13-34-19)23-24(29-17)30-26(31-25(23)33)36-12-15-5-3-4-6-16(15)28/h3-9,21H,10-13H2,1-2H3,(H2,29,30,31,33)/t21-/m0/s1. The number of hydrogen-bond acceptors (Lipinski definition) is 7. The van der Waals surface area contributed by atoms with Gasteiger partial charge in [-0.05, 0) is 41.2 Å². The number of thioether (sulfide) groups is 1. The predicted molar refractivity (Wildman–Crippen MR) is 134 cm³/mol. The molecule has 1 atom stereocenters. The van der Waals surface area contributed by atoms with Crippen LogP contribution < -0.4 is 20.3 Å². The minimum Gasteiger partial charge on any atom is -0.454 e. The number of carbonyl (C=O) groups excluding carboxylic acids is 1. The highest BCUT2D eigenvalue weighted by Crippen LogP contribution is 2.49. The van der Waals surface area contributed by atoms with Crippen LogP contribution in [0.25, 0.3) is 0 Å². The fraction of sp³-hybridized carbons (Fsp3) is 0.296. The molecule has 6 rings (SSSR count). The number of H-pyrrole nitrogens is 1. The van der Waals surface area contributed by atoms with Gasteiger partial charge in [0, 0.05) is 29.4 Å². The Hall–Kier alpha value is -3.59. The first-order chi connectivity index (χ1) is 17.3. The van der Waals surface area contributed by atoms with Gasteiger partial charge in [0.15, 0.2) is 22.4 Å². The first kappa shape index (κ1) is 22.8. The van der Waals surface area contributed by atoms with E-state index in [1.54, 1.807) is 24.3 Å². The van der Waals surface area contributed by atoms with Gasteiger partial charge in [0.2, 0.25) is 6.79 Å². The maximum absolute atomic E-state index is 14.1. The third-order valence-corrected chi connectivity index (χ3v) is 7.67. The van der Waals surface area contributed by atoms with Crippen molar-refractivity contribution in [1.29, 1.82) is 0 Å². The van der Waals surface area contributed by atoms with Crippen LogP contribution in [-0.4, -0.2) is 22.5 Å². The zero-order valence-corrected chi connectivity index (χ0v) is 20.6. The lowest BCUT2D eigenvalue weighted by atomic mass is 9.69. The summed E-state index contributed by atoms with van der Waals surface area (Å²) in [5.41, 5.74) is 2.50. The topological polar surface area (TPSA) is 93.3 Å². The summed E-state index contributed by atoms with van der Waals surface area (Å²) >= 11 is 1.25. The second kappa shape index (κ2) is 8.51. The molecule has 1 aliphatic carbocycles. The number of carbonyl (C=O) groups is 1. The highest BCUT2D eigenvalue weighted by atomic mass is 32.2. The molecule has 0 spiro atoms. The van der Waals surface area contributed by atoms with E-state index in [4.69, 9.17) is 14.5 Å². The molecule has 0 fully saturated rings. The molecule has 0 saturated heterocycles. The quantitative estimate of drug-likeness (QED) is 0.375. The molecule has 3 aliphatic rings. The lowest BCUT2D eigenvalue weighted by molar-refractivity contribution is -0.118. The molecule has 0 radical (unpaired) electrons. The van der Waals surface area contributed by atoms with Gasteiger partial charge >= 0.3 is 0 Å². The number of ether oxygens (including phenoxy) is 2. The molecule has 0 saturated carbocycles. The van der Waals surface area contributed by atoms with Crippen LogP contribution in [0.3, 0.4) is 0 Å². The molecule has 9 heteroatoms. The zero-order chi connectivity index (χ0) is 25.0. The van der Waals surface area contributed by atoms with Crippen LogP contribution in [0.1, 0.15) is 49.3 Å². The Labute approximate surface area is 211 Å². The van der Waals surface area contributed by atoms with E-state index in [-0.39, 0.29) is 29.4 Å². The van der Waals surface area contributed by atoms with Crippen LogP contribution in [-0.2, 0) is 10.5 Å². The molecular weight excluding hydrogens is 481 g/mol. The Morgan fingerprint density at radius 3 is 2.75 bits per heavy atom. The number of nitrogens with one attached hydrogen (secondary N) is 2. The summed E-state index contributed by atoms with van der Waals surface area (Å²) in [7, 11) is 0. The molecule has 2 aromatic carbocycles. The van der Waals surface area contributed by atoms with Crippen LogP contribution >= 0.6 is 11.8 Å². The number of halogens is 1. The minimum absolute atomic E-state index is 0.0134. The van der Waals surface area contributed by atoms with Gasteiger partial charge in [-0.2, -0.15) is 0 Å². The number of anilines is 1. The van der Waals surface area contributed by atoms with Crippen molar-refractivity contribution in [3.8, 4) is 11.5 Å². The fourth-order valence-electron chi connectivity index (χ4n) is 5.15. The Bertz CT molecular complexity index is 1500. The molecule has 1 aromatic heterocycles. The maximum atomic E-state index is 14.1.